The van der Waals surface area contributed by atoms with Gasteiger partial charge in [0.2, 0.25) is 0 Å². The van der Waals surface area contributed by atoms with Gasteiger partial charge in [-0.2, -0.15) is 0 Å². The van der Waals surface area contributed by atoms with E-state index in [1.165, 1.54) is 12.1 Å². The Kier molecular flexibility index (Phi) is 4.58. The fraction of sp³-hybridized carbons (Fsp3) is 0.200. The van der Waals surface area contributed by atoms with Crippen LogP contribution in [-0.2, 0) is 4.79 Å². The second-order valence-corrected chi connectivity index (χ2v) is 7.42. The molecule has 2 aromatic rings. The van der Waals surface area contributed by atoms with Crippen LogP contribution in [0.3, 0.4) is 0 Å². The molecule has 0 radical (unpaired) electrons. The first kappa shape index (κ1) is 17.9. The number of halogens is 2. The summed E-state index contributed by atoms with van der Waals surface area (Å²) >= 11 is 11.9. The number of carboxylic acid groups (broad SMARTS) is 1. The topological polar surface area (TPSA) is 75.6 Å². The molecule has 0 unspecified atom stereocenters. The predicted octanol–water partition coefficient (Wildman–Crippen LogP) is 4.75. The number of hydrogen-bond acceptors (Lipinski definition) is 4. The maximum atomic E-state index is 12.4. The number of nitrogens with one attached hydrogen (secondary N) is 1. The Morgan fingerprint density at radius 2 is 1.96 bits per heavy atom. The van der Waals surface area contributed by atoms with Gasteiger partial charge in [-0.25, -0.2) is 9.59 Å². The summed E-state index contributed by atoms with van der Waals surface area (Å²) in [6.45, 7) is 0. The minimum atomic E-state index is -0.868. The number of ether oxygens (including phenoxy) is 1. The van der Waals surface area contributed by atoms with E-state index < -0.39 is 18.0 Å². The van der Waals surface area contributed by atoms with E-state index in [1.54, 1.807) is 24.3 Å². The summed E-state index contributed by atoms with van der Waals surface area (Å²) in [7, 11) is 0. The van der Waals surface area contributed by atoms with E-state index in [-0.39, 0.29) is 22.4 Å². The average Bonchev–Trinajstić information content (AvgIpc) is 3.10. The van der Waals surface area contributed by atoms with Crippen molar-refractivity contribution in [1.29, 1.82) is 0 Å². The Labute approximate surface area is 165 Å². The van der Waals surface area contributed by atoms with Gasteiger partial charge in [0.1, 0.15) is 11.8 Å². The average molecular weight is 404 g/mol. The van der Waals surface area contributed by atoms with Crippen LogP contribution < -0.4 is 10.1 Å². The molecule has 0 bridgehead atoms. The zero-order valence-corrected chi connectivity index (χ0v) is 15.5. The highest BCUT2D eigenvalue weighted by atomic mass is 35.5. The summed E-state index contributed by atoms with van der Waals surface area (Å²) in [6.07, 6.45) is 4.70. The van der Waals surface area contributed by atoms with Gasteiger partial charge in [0.15, 0.2) is 0 Å². The van der Waals surface area contributed by atoms with Crippen LogP contribution in [0.1, 0.15) is 28.3 Å². The first-order valence-electron chi connectivity index (χ1n) is 8.41. The largest absolute Gasteiger partial charge is 0.480 e. The number of aliphatic carboxylic acids is 1. The molecular formula is C20H15Cl2NO4. The fourth-order valence-corrected chi connectivity index (χ4v) is 4.18. The summed E-state index contributed by atoms with van der Waals surface area (Å²) in [6, 6.07) is 9.07. The van der Waals surface area contributed by atoms with Crippen molar-refractivity contribution < 1.29 is 19.4 Å². The van der Waals surface area contributed by atoms with E-state index in [2.05, 4.69) is 5.32 Å². The summed E-state index contributed by atoms with van der Waals surface area (Å²) in [5.74, 6) is -1.17. The van der Waals surface area contributed by atoms with Crippen molar-refractivity contribution in [3.8, 4) is 5.75 Å². The quantitative estimate of drug-likeness (QED) is 0.439. The van der Waals surface area contributed by atoms with Crippen LogP contribution in [0, 0.1) is 5.92 Å². The molecule has 0 fully saturated rings. The van der Waals surface area contributed by atoms with E-state index >= 15 is 0 Å². The van der Waals surface area contributed by atoms with Gasteiger partial charge in [-0.15, -0.1) is 0 Å². The monoisotopic (exact) mass is 403 g/mol. The smallest absolute Gasteiger partial charge is 0.345 e. The molecule has 0 saturated heterocycles. The molecule has 4 rings (SSSR count). The summed E-state index contributed by atoms with van der Waals surface area (Å²) in [4.78, 5) is 24.0. The van der Waals surface area contributed by atoms with E-state index in [0.717, 1.165) is 11.3 Å². The maximum Gasteiger partial charge on any atom is 0.345 e. The van der Waals surface area contributed by atoms with E-state index in [0.29, 0.717) is 17.2 Å². The number of hydrogen-bond donors (Lipinski definition) is 2. The molecule has 27 heavy (non-hydrogen) atoms. The van der Waals surface area contributed by atoms with Crippen molar-refractivity contribution in [3.63, 3.8) is 0 Å². The fourth-order valence-electron chi connectivity index (χ4n) is 3.70. The van der Waals surface area contributed by atoms with Gasteiger partial charge in [-0.1, -0.05) is 35.4 Å². The number of carbonyl (C=O) groups excluding carboxylic acids is 1. The molecule has 0 amide bonds. The van der Waals surface area contributed by atoms with Crippen LogP contribution in [-0.4, -0.2) is 23.1 Å². The van der Waals surface area contributed by atoms with Crippen molar-refractivity contribution in [2.45, 2.75) is 18.4 Å². The van der Waals surface area contributed by atoms with Crippen molar-refractivity contribution >= 4 is 40.8 Å². The van der Waals surface area contributed by atoms with Crippen molar-refractivity contribution in [1.82, 2.24) is 0 Å². The molecule has 3 atom stereocenters. The van der Waals surface area contributed by atoms with Crippen LogP contribution in [0.25, 0.3) is 0 Å². The molecule has 1 aliphatic heterocycles. The number of benzene rings is 2. The van der Waals surface area contributed by atoms with Gasteiger partial charge in [0, 0.05) is 22.5 Å². The SMILES string of the molecule is O=C(Oc1ccc2c(c1)[C@@H]1C=CC[C@H]1[C@@H](C(=O)O)N2)c1ccc(Cl)cc1Cl. The maximum absolute atomic E-state index is 12.4. The Balaban J connectivity index is 1.62. The van der Waals surface area contributed by atoms with Gasteiger partial charge in [-0.05, 0) is 48.4 Å². The van der Waals surface area contributed by atoms with E-state index in [9.17, 15) is 14.7 Å². The third kappa shape index (κ3) is 3.29. The van der Waals surface area contributed by atoms with Crippen LogP contribution in [0.5, 0.6) is 5.75 Å². The van der Waals surface area contributed by atoms with Gasteiger partial charge in [0.05, 0.1) is 10.6 Å². The number of carbonyl (C=O) groups is 2. The summed E-state index contributed by atoms with van der Waals surface area (Å²) in [5.41, 5.74) is 1.87. The number of carboxylic acids is 1. The number of esters is 1. The van der Waals surface area contributed by atoms with Crippen LogP contribution in [0.4, 0.5) is 5.69 Å². The van der Waals surface area contributed by atoms with Gasteiger partial charge in [0.25, 0.3) is 0 Å². The molecule has 7 heteroatoms. The lowest BCUT2D eigenvalue weighted by molar-refractivity contribution is -0.139. The first-order chi connectivity index (χ1) is 12.9. The summed E-state index contributed by atoms with van der Waals surface area (Å²) in [5, 5.41) is 13.2. The molecule has 1 aliphatic carbocycles. The molecule has 2 N–H and O–H groups in total. The van der Waals surface area contributed by atoms with Crippen LogP contribution >= 0.6 is 23.2 Å². The van der Waals surface area contributed by atoms with E-state index in [1.807, 2.05) is 12.2 Å². The number of fused-ring (bicyclic) bond motifs is 3. The number of anilines is 1. The Morgan fingerprint density at radius 1 is 1.15 bits per heavy atom. The minimum Gasteiger partial charge on any atom is -0.480 e. The molecule has 0 saturated carbocycles. The van der Waals surface area contributed by atoms with Crippen molar-refractivity contribution in [2.24, 2.45) is 5.92 Å². The lowest BCUT2D eigenvalue weighted by Crippen LogP contribution is -2.41. The minimum absolute atomic E-state index is 0.0277. The van der Waals surface area contributed by atoms with Crippen molar-refractivity contribution in [3.05, 3.63) is 69.7 Å². The van der Waals surface area contributed by atoms with Crippen LogP contribution in [0.15, 0.2) is 48.6 Å². The highest BCUT2D eigenvalue weighted by molar-refractivity contribution is 6.36. The molecule has 5 nitrogen and oxygen atoms in total. The third-order valence-electron chi connectivity index (χ3n) is 4.96. The highest BCUT2D eigenvalue weighted by Gasteiger charge is 2.40. The molecule has 0 spiro atoms. The Bertz CT molecular complexity index is 972. The lowest BCUT2D eigenvalue weighted by Gasteiger charge is -2.34. The normalized spacial score (nSPS) is 22.5. The molecule has 2 aromatic carbocycles. The van der Waals surface area contributed by atoms with Gasteiger partial charge in [-0.3, -0.25) is 0 Å². The van der Waals surface area contributed by atoms with Crippen LogP contribution in [0.2, 0.25) is 10.0 Å². The highest BCUT2D eigenvalue weighted by Crippen LogP contribution is 2.45. The Morgan fingerprint density at radius 3 is 2.70 bits per heavy atom. The second-order valence-electron chi connectivity index (χ2n) is 6.58. The number of rotatable bonds is 3. The predicted molar refractivity (Wildman–Crippen MR) is 103 cm³/mol. The third-order valence-corrected chi connectivity index (χ3v) is 5.51. The van der Waals surface area contributed by atoms with E-state index in [4.69, 9.17) is 27.9 Å². The zero-order valence-electron chi connectivity index (χ0n) is 14.0. The van der Waals surface area contributed by atoms with Gasteiger partial charge < -0.3 is 15.2 Å². The zero-order chi connectivity index (χ0) is 19.1. The van der Waals surface area contributed by atoms with Gasteiger partial charge >= 0.3 is 11.9 Å². The Hall–Kier alpha value is -2.50. The lowest BCUT2D eigenvalue weighted by atomic mass is 9.79. The molecule has 138 valence electrons. The molecule has 2 aliphatic rings. The molecule has 1 heterocycles. The first-order valence-corrected chi connectivity index (χ1v) is 9.17. The summed E-state index contributed by atoms with van der Waals surface area (Å²) < 4.78 is 5.48. The molecule has 0 aromatic heterocycles. The van der Waals surface area contributed by atoms with Crippen molar-refractivity contribution in [2.75, 3.05) is 5.32 Å². The molecular weight excluding hydrogens is 389 g/mol. The second kappa shape index (κ2) is 6.91. The number of allylic oxidation sites excluding steroid dienone is 2. The standard InChI is InChI=1S/C20H15Cl2NO4/c21-10-4-6-14(16(22)8-10)20(26)27-11-5-7-17-15(9-11)12-2-1-3-13(12)18(23-17)19(24)25/h1-2,4-9,12-13,18,23H,3H2,(H,24,25)/t12-,13-,18+/m1/s1.